The van der Waals surface area contributed by atoms with Gasteiger partial charge >= 0.3 is 0 Å². The number of hydrogen-bond acceptors (Lipinski definition) is 3. The van der Waals surface area contributed by atoms with E-state index in [0.29, 0.717) is 5.69 Å². The van der Waals surface area contributed by atoms with Crippen molar-refractivity contribution in [1.82, 2.24) is 0 Å². The fourth-order valence-electron chi connectivity index (χ4n) is 1.33. The summed E-state index contributed by atoms with van der Waals surface area (Å²) in [6.45, 7) is 4.91. The topological polar surface area (TPSA) is 66.4 Å². The zero-order valence-electron chi connectivity index (χ0n) is 9.57. The summed E-state index contributed by atoms with van der Waals surface area (Å²) in [5, 5.41) is 12.2. The number of hydrogen-bond donors (Lipinski definition) is 2. The molecular weight excluding hydrogens is 206 g/mol. The highest BCUT2D eigenvalue weighted by Crippen LogP contribution is 2.24. The van der Waals surface area contributed by atoms with E-state index in [9.17, 15) is 14.7 Å². The molecule has 0 aliphatic rings. The maximum Gasteiger partial charge on any atom is 0.221 e. The molecule has 86 valence electrons. The van der Waals surface area contributed by atoms with Crippen LogP contribution in [0, 0.1) is 5.92 Å². The van der Waals surface area contributed by atoms with Gasteiger partial charge in [0.15, 0.2) is 5.78 Å². The van der Waals surface area contributed by atoms with E-state index in [1.165, 1.54) is 19.1 Å². The standard InChI is InChI=1S/C12H15NO3/c1-7(2)12(16)10-5-4-9(6-11(10)15)13-8(3)14/h4-7,15H,1-3H3,(H,13,14). The molecule has 0 saturated heterocycles. The van der Waals surface area contributed by atoms with E-state index in [0.717, 1.165) is 0 Å². The maximum absolute atomic E-state index is 11.7. The Morgan fingerprint density at radius 2 is 1.94 bits per heavy atom. The number of Topliss-reactive ketones (excluding diaryl/α,β-unsaturated/α-hetero) is 1. The molecule has 0 bridgehead atoms. The molecule has 1 amide bonds. The summed E-state index contributed by atoms with van der Waals surface area (Å²) in [6.07, 6.45) is 0. The first kappa shape index (κ1) is 12.2. The van der Waals surface area contributed by atoms with Crippen molar-refractivity contribution in [1.29, 1.82) is 0 Å². The Kier molecular flexibility index (Phi) is 3.66. The van der Waals surface area contributed by atoms with Crippen molar-refractivity contribution < 1.29 is 14.7 Å². The highest BCUT2D eigenvalue weighted by molar-refractivity contribution is 6.00. The number of amides is 1. The Hall–Kier alpha value is -1.84. The van der Waals surface area contributed by atoms with Gasteiger partial charge in [0.25, 0.3) is 0 Å². The van der Waals surface area contributed by atoms with Gasteiger partial charge in [-0.3, -0.25) is 9.59 Å². The number of aromatic hydroxyl groups is 1. The minimum atomic E-state index is -0.220. The van der Waals surface area contributed by atoms with Gasteiger partial charge in [0, 0.05) is 24.6 Å². The predicted octanol–water partition coefficient (Wildman–Crippen LogP) is 2.19. The Morgan fingerprint density at radius 1 is 1.31 bits per heavy atom. The molecule has 0 fully saturated rings. The van der Waals surface area contributed by atoms with Gasteiger partial charge in [-0.2, -0.15) is 0 Å². The van der Waals surface area contributed by atoms with Crippen LogP contribution in [0.25, 0.3) is 0 Å². The van der Waals surface area contributed by atoms with Crippen molar-refractivity contribution in [3.63, 3.8) is 0 Å². The van der Waals surface area contributed by atoms with Gasteiger partial charge in [-0.25, -0.2) is 0 Å². The largest absolute Gasteiger partial charge is 0.507 e. The Morgan fingerprint density at radius 3 is 2.38 bits per heavy atom. The lowest BCUT2D eigenvalue weighted by Gasteiger charge is -2.08. The number of rotatable bonds is 3. The van der Waals surface area contributed by atoms with Crippen LogP contribution in [0.4, 0.5) is 5.69 Å². The molecule has 4 nitrogen and oxygen atoms in total. The molecule has 0 unspecified atom stereocenters. The molecule has 0 aliphatic carbocycles. The monoisotopic (exact) mass is 221 g/mol. The van der Waals surface area contributed by atoms with Crippen LogP contribution in [0.15, 0.2) is 18.2 Å². The number of carbonyl (C=O) groups is 2. The summed E-state index contributed by atoms with van der Waals surface area (Å²) < 4.78 is 0. The van der Waals surface area contributed by atoms with E-state index in [-0.39, 0.29) is 28.9 Å². The van der Waals surface area contributed by atoms with Crippen LogP contribution in [0.5, 0.6) is 5.75 Å². The Bertz CT molecular complexity index is 424. The van der Waals surface area contributed by atoms with Crippen LogP contribution >= 0.6 is 0 Å². The first-order chi connectivity index (χ1) is 7.41. The van der Waals surface area contributed by atoms with Crippen LogP contribution in [0.2, 0.25) is 0 Å². The first-order valence-corrected chi connectivity index (χ1v) is 5.06. The van der Waals surface area contributed by atoms with E-state index in [2.05, 4.69) is 5.32 Å². The molecule has 0 atom stereocenters. The molecular formula is C12H15NO3. The lowest BCUT2D eigenvalue weighted by atomic mass is 10.00. The smallest absolute Gasteiger partial charge is 0.221 e. The van der Waals surface area contributed by atoms with Gasteiger partial charge < -0.3 is 10.4 Å². The van der Waals surface area contributed by atoms with Crippen molar-refractivity contribution in [2.24, 2.45) is 5.92 Å². The average molecular weight is 221 g/mol. The van der Waals surface area contributed by atoms with E-state index in [1.807, 2.05) is 0 Å². The minimum Gasteiger partial charge on any atom is -0.507 e. The summed E-state index contributed by atoms with van der Waals surface area (Å²) >= 11 is 0. The van der Waals surface area contributed by atoms with Crippen LogP contribution in [0.3, 0.4) is 0 Å². The third kappa shape index (κ3) is 2.82. The van der Waals surface area contributed by atoms with Crippen LogP contribution in [-0.2, 0) is 4.79 Å². The molecule has 0 radical (unpaired) electrons. The predicted molar refractivity (Wildman–Crippen MR) is 61.6 cm³/mol. The zero-order chi connectivity index (χ0) is 12.3. The number of carbonyl (C=O) groups excluding carboxylic acids is 2. The van der Waals surface area contributed by atoms with E-state index in [1.54, 1.807) is 19.9 Å². The fourth-order valence-corrected chi connectivity index (χ4v) is 1.33. The maximum atomic E-state index is 11.7. The number of ketones is 1. The third-order valence-electron chi connectivity index (χ3n) is 2.11. The van der Waals surface area contributed by atoms with Crippen molar-refractivity contribution in [3.8, 4) is 5.75 Å². The van der Waals surface area contributed by atoms with Crippen molar-refractivity contribution in [2.75, 3.05) is 5.32 Å². The molecule has 0 aromatic heterocycles. The number of phenolic OH excluding ortho intramolecular Hbond substituents is 1. The fraction of sp³-hybridized carbons (Fsp3) is 0.333. The lowest BCUT2D eigenvalue weighted by molar-refractivity contribution is -0.114. The van der Waals surface area contributed by atoms with Gasteiger partial charge in [0.2, 0.25) is 5.91 Å². The van der Waals surface area contributed by atoms with Crippen LogP contribution < -0.4 is 5.32 Å². The lowest BCUT2D eigenvalue weighted by Crippen LogP contribution is -2.09. The molecule has 0 spiro atoms. The molecule has 1 rings (SSSR count). The van der Waals surface area contributed by atoms with Gasteiger partial charge in [-0.05, 0) is 12.1 Å². The van der Waals surface area contributed by atoms with E-state index in [4.69, 9.17) is 0 Å². The van der Waals surface area contributed by atoms with Gasteiger partial charge in [0.1, 0.15) is 5.75 Å². The van der Waals surface area contributed by atoms with Crippen molar-refractivity contribution in [2.45, 2.75) is 20.8 Å². The van der Waals surface area contributed by atoms with Crippen molar-refractivity contribution >= 4 is 17.4 Å². The number of benzene rings is 1. The number of anilines is 1. The highest BCUT2D eigenvalue weighted by atomic mass is 16.3. The molecule has 4 heteroatoms. The van der Waals surface area contributed by atoms with Gasteiger partial charge in [-0.1, -0.05) is 13.8 Å². The molecule has 1 aromatic carbocycles. The second-order valence-electron chi connectivity index (χ2n) is 3.93. The summed E-state index contributed by atoms with van der Waals surface area (Å²) in [6, 6.07) is 4.48. The van der Waals surface area contributed by atoms with E-state index >= 15 is 0 Å². The normalized spacial score (nSPS) is 10.2. The molecule has 1 aromatic rings. The quantitative estimate of drug-likeness (QED) is 0.769. The second-order valence-corrected chi connectivity index (χ2v) is 3.93. The summed E-state index contributed by atoms with van der Waals surface area (Å²) in [5.41, 5.74) is 0.759. The zero-order valence-corrected chi connectivity index (χ0v) is 9.57. The second kappa shape index (κ2) is 4.79. The molecule has 2 N–H and O–H groups in total. The summed E-state index contributed by atoms with van der Waals surface area (Å²) in [7, 11) is 0. The van der Waals surface area contributed by atoms with Gasteiger partial charge in [0.05, 0.1) is 5.56 Å². The number of nitrogens with one attached hydrogen (secondary N) is 1. The molecule has 16 heavy (non-hydrogen) atoms. The molecule has 0 saturated carbocycles. The summed E-state index contributed by atoms with van der Waals surface area (Å²) in [4.78, 5) is 22.4. The van der Waals surface area contributed by atoms with Crippen LogP contribution in [0.1, 0.15) is 31.1 Å². The van der Waals surface area contributed by atoms with Crippen LogP contribution in [-0.4, -0.2) is 16.8 Å². The Balaban J connectivity index is 3.00. The Labute approximate surface area is 94.3 Å². The minimum absolute atomic E-state index is 0.107. The third-order valence-corrected chi connectivity index (χ3v) is 2.11. The molecule has 0 aliphatic heterocycles. The average Bonchev–Trinajstić information content (AvgIpc) is 2.15. The highest BCUT2D eigenvalue weighted by Gasteiger charge is 2.14. The van der Waals surface area contributed by atoms with Gasteiger partial charge in [-0.15, -0.1) is 0 Å². The van der Waals surface area contributed by atoms with E-state index < -0.39 is 0 Å². The molecule has 0 heterocycles. The number of phenols is 1. The first-order valence-electron chi connectivity index (χ1n) is 5.06. The SMILES string of the molecule is CC(=O)Nc1ccc(C(=O)C(C)C)c(O)c1. The van der Waals surface area contributed by atoms with Crippen molar-refractivity contribution in [3.05, 3.63) is 23.8 Å². The summed E-state index contributed by atoms with van der Waals surface area (Å²) in [5.74, 6) is -0.614.